The summed E-state index contributed by atoms with van der Waals surface area (Å²) < 4.78 is 14.1. The Morgan fingerprint density at radius 2 is 1.94 bits per heavy atom. The van der Waals surface area contributed by atoms with Crippen LogP contribution in [-0.2, 0) is 22.3 Å². The van der Waals surface area contributed by atoms with Crippen LogP contribution in [0.3, 0.4) is 0 Å². The quantitative estimate of drug-likeness (QED) is 0.281. The third-order valence-corrected chi connectivity index (χ3v) is 11.9. The molecule has 1 aliphatic rings. The Bertz CT molecular complexity index is 1130. The van der Waals surface area contributed by atoms with Crippen LogP contribution in [-0.4, -0.2) is 54.3 Å². The van der Waals surface area contributed by atoms with E-state index in [2.05, 4.69) is 50.3 Å². The van der Waals surface area contributed by atoms with Crippen LogP contribution < -0.4 is 5.32 Å². The number of urea groups is 1. The highest BCUT2D eigenvalue weighted by Crippen LogP contribution is 2.37. The third-order valence-electron chi connectivity index (χ3n) is 6.61. The molecule has 0 bridgehead atoms. The number of nitrogens with one attached hydrogen (secondary N) is 1. The van der Waals surface area contributed by atoms with Crippen molar-refractivity contribution < 1.29 is 18.8 Å². The van der Waals surface area contributed by atoms with Gasteiger partial charge in [-0.05, 0) is 71.9 Å². The van der Waals surface area contributed by atoms with Crippen LogP contribution in [0.15, 0.2) is 24.3 Å². The monoisotopic (exact) mass is 609 g/mol. The smallest absolute Gasteiger partial charge is 0.342 e. The first-order valence-electron chi connectivity index (χ1n) is 11.5. The molecule has 1 aliphatic heterocycles. The van der Waals surface area contributed by atoms with Crippen LogP contribution in [0.25, 0.3) is 0 Å². The highest BCUT2D eigenvalue weighted by atomic mass is 127. The zero-order chi connectivity index (χ0) is 26.0. The highest BCUT2D eigenvalue weighted by molar-refractivity contribution is 14.1. The average molecular weight is 610 g/mol. The van der Waals surface area contributed by atoms with E-state index in [1.165, 1.54) is 0 Å². The van der Waals surface area contributed by atoms with Gasteiger partial charge < -0.3 is 19.4 Å². The summed E-state index contributed by atoms with van der Waals surface area (Å²) in [5.41, 5.74) is 2.13. The number of nitrogens with zero attached hydrogens (tertiary/aromatic N) is 4. The van der Waals surface area contributed by atoms with E-state index in [1.807, 2.05) is 22.6 Å². The van der Waals surface area contributed by atoms with Crippen molar-refractivity contribution in [3.05, 3.63) is 44.8 Å². The lowest BCUT2D eigenvalue weighted by molar-refractivity contribution is 0.0518. The number of halogens is 1. The number of nitriles is 1. The maximum Gasteiger partial charge on any atom is 0.342 e. The largest absolute Gasteiger partial charge is 0.462 e. The zero-order valence-electron chi connectivity index (χ0n) is 21.0. The van der Waals surface area contributed by atoms with Crippen LogP contribution in [0, 0.1) is 15.0 Å². The fraction of sp³-hybridized carbons (Fsp3) is 0.500. The molecule has 9 nitrogen and oxygen atoms in total. The summed E-state index contributed by atoms with van der Waals surface area (Å²) in [5.74, 6) is -0.443. The van der Waals surface area contributed by atoms with E-state index in [9.17, 15) is 9.59 Å². The molecule has 11 heteroatoms. The highest BCUT2D eigenvalue weighted by Gasteiger charge is 2.40. The Labute approximate surface area is 221 Å². The standard InChI is InChI=1S/C24H32IN5O4Si/c1-7-33-22(31)20-19-14-29(23(32)27-17-10-8-16(12-26)9-11-17)18(13-30(19)28-21(20)25)15-34-35(5,6)24(2,3)4/h8-11,18H,7,13-15H2,1-6H3,(H,27,32). The summed E-state index contributed by atoms with van der Waals surface area (Å²) in [6.07, 6.45) is 0. The molecule has 0 aliphatic carbocycles. The van der Waals surface area contributed by atoms with E-state index in [4.69, 9.17) is 14.4 Å². The van der Waals surface area contributed by atoms with Crippen molar-refractivity contribution >= 4 is 48.6 Å². The Morgan fingerprint density at radius 3 is 2.51 bits per heavy atom. The van der Waals surface area contributed by atoms with E-state index in [0.717, 1.165) is 0 Å². The molecular weight excluding hydrogens is 577 g/mol. The van der Waals surface area contributed by atoms with Crippen molar-refractivity contribution in [1.29, 1.82) is 5.26 Å². The number of carbonyl (C=O) groups excluding carboxylic acids is 2. The fourth-order valence-corrected chi connectivity index (χ4v) is 5.33. The van der Waals surface area contributed by atoms with Crippen molar-refractivity contribution in [3.8, 4) is 6.07 Å². The predicted molar refractivity (Wildman–Crippen MR) is 144 cm³/mol. The number of benzene rings is 1. The summed E-state index contributed by atoms with van der Waals surface area (Å²) in [7, 11) is -2.06. The minimum atomic E-state index is -2.06. The van der Waals surface area contributed by atoms with Crippen molar-refractivity contribution in [3.63, 3.8) is 0 Å². The number of fused-ring (bicyclic) bond motifs is 1. The molecule has 0 spiro atoms. The number of rotatable bonds is 6. The third kappa shape index (κ3) is 6.04. The van der Waals surface area contributed by atoms with Crippen molar-refractivity contribution in [2.24, 2.45) is 0 Å². The number of anilines is 1. The minimum absolute atomic E-state index is 0.0283. The Hall–Kier alpha value is -2.43. The maximum atomic E-state index is 13.4. The van der Waals surface area contributed by atoms with Gasteiger partial charge in [0.25, 0.3) is 0 Å². The number of aromatic nitrogens is 2. The van der Waals surface area contributed by atoms with Gasteiger partial charge in [0.1, 0.15) is 9.26 Å². The lowest BCUT2D eigenvalue weighted by atomic mass is 10.1. The molecule has 1 aromatic heterocycles. The fourth-order valence-electron chi connectivity index (χ4n) is 3.49. The van der Waals surface area contributed by atoms with Crippen molar-refractivity contribution in [1.82, 2.24) is 14.7 Å². The van der Waals surface area contributed by atoms with Gasteiger partial charge in [-0.2, -0.15) is 10.4 Å². The second-order valence-corrected chi connectivity index (χ2v) is 15.8. The molecule has 1 N–H and O–H groups in total. The van der Waals surface area contributed by atoms with Gasteiger partial charge in [0.2, 0.25) is 0 Å². The zero-order valence-corrected chi connectivity index (χ0v) is 24.2. The first-order valence-corrected chi connectivity index (χ1v) is 15.5. The lowest BCUT2D eigenvalue weighted by Crippen LogP contribution is -2.53. The second-order valence-electron chi connectivity index (χ2n) is 9.99. The molecule has 0 radical (unpaired) electrons. The van der Waals surface area contributed by atoms with Gasteiger partial charge >= 0.3 is 12.0 Å². The molecule has 2 amide bonds. The molecule has 2 heterocycles. The van der Waals surface area contributed by atoms with E-state index in [-0.39, 0.29) is 30.3 Å². The van der Waals surface area contributed by atoms with Gasteiger partial charge in [-0.15, -0.1) is 0 Å². The maximum absolute atomic E-state index is 13.4. The SMILES string of the molecule is CCOC(=O)c1c(I)nn2c1CN(C(=O)Nc1ccc(C#N)cc1)C(CO[Si](C)(C)C(C)(C)C)C2. The van der Waals surface area contributed by atoms with Crippen molar-refractivity contribution in [2.45, 2.75) is 65.0 Å². The van der Waals surface area contributed by atoms with Crippen LogP contribution in [0.2, 0.25) is 18.1 Å². The normalized spacial score (nSPS) is 15.8. The van der Waals surface area contributed by atoms with Crippen LogP contribution in [0.1, 0.15) is 49.3 Å². The van der Waals surface area contributed by atoms with Gasteiger partial charge in [0, 0.05) is 5.69 Å². The lowest BCUT2D eigenvalue weighted by Gasteiger charge is -2.41. The number of hydrogen-bond acceptors (Lipinski definition) is 6. The Kier molecular flexibility index (Phi) is 8.28. The number of amides is 2. The number of hydrogen-bond donors (Lipinski definition) is 1. The minimum Gasteiger partial charge on any atom is -0.462 e. The summed E-state index contributed by atoms with van der Waals surface area (Å²) in [6, 6.07) is 8.18. The second kappa shape index (κ2) is 10.7. The molecule has 0 saturated heterocycles. The van der Waals surface area contributed by atoms with E-state index in [0.29, 0.717) is 39.4 Å². The van der Waals surface area contributed by atoms with Crippen molar-refractivity contribution in [2.75, 3.05) is 18.5 Å². The summed E-state index contributed by atoms with van der Waals surface area (Å²) in [5, 5.41) is 16.5. The molecule has 1 aromatic carbocycles. The molecule has 1 unspecified atom stereocenters. The summed E-state index contributed by atoms with van der Waals surface area (Å²) in [4.78, 5) is 27.8. The molecule has 2 aromatic rings. The van der Waals surface area contributed by atoms with E-state index in [1.54, 1.807) is 40.8 Å². The van der Waals surface area contributed by atoms with E-state index < -0.39 is 14.3 Å². The first kappa shape index (κ1) is 27.2. The van der Waals surface area contributed by atoms with Gasteiger partial charge in [-0.25, -0.2) is 9.59 Å². The Balaban J connectivity index is 1.91. The Morgan fingerprint density at radius 1 is 1.29 bits per heavy atom. The molecule has 0 saturated carbocycles. The van der Waals surface area contributed by atoms with E-state index >= 15 is 0 Å². The van der Waals surface area contributed by atoms with Crippen LogP contribution in [0.5, 0.6) is 0 Å². The number of carbonyl (C=O) groups is 2. The van der Waals surface area contributed by atoms with Gasteiger partial charge in [-0.3, -0.25) is 4.68 Å². The molecule has 3 rings (SSSR count). The van der Waals surface area contributed by atoms with Gasteiger partial charge in [0.15, 0.2) is 8.32 Å². The predicted octanol–water partition coefficient (Wildman–Crippen LogP) is 4.97. The first-order chi connectivity index (χ1) is 16.4. The van der Waals surface area contributed by atoms with Crippen LogP contribution in [0.4, 0.5) is 10.5 Å². The molecule has 188 valence electrons. The molecule has 35 heavy (non-hydrogen) atoms. The van der Waals surface area contributed by atoms with Gasteiger partial charge in [0.05, 0.1) is 49.7 Å². The molecule has 0 fully saturated rings. The molecule has 1 atom stereocenters. The van der Waals surface area contributed by atoms with Crippen LogP contribution >= 0.6 is 22.6 Å². The number of esters is 1. The molecular formula is C24H32IN5O4Si. The number of ether oxygens (including phenoxy) is 1. The van der Waals surface area contributed by atoms with Gasteiger partial charge in [-0.1, -0.05) is 20.8 Å². The summed E-state index contributed by atoms with van der Waals surface area (Å²) in [6.45, 7) is 13.9. The topological polar surface area (TPSA) is 109 Å². The summed E-state index contributed by atoms with van der Waals surface area (Å²) >= 11 is 2.04. The average Bonchev–Trinajstić information content (AvgIpc) is 3.11.